The molecule has 2 aliphatic heterocycles. The van der Waals surface area contributed by atoms with Crippen LogP contribution in [0.25, 0.3) is 22.3 Å². The van der Waals surface area contributed by atoms with Gasteiger partial charge in [0.05, 0.1) is 29.0 Å². The predicted molar refractivity (Wildman–Crippen MR) is 95.6 cm³/mol. The minimum Gasteiger partial charge on any atom is -1.00 e. The van der Waals surface area contributed by atoms with Gasteiger partial charge in [0, 0.05) is 16.5 Å². The van der Waals surface area contributed by atoms with Crippen LogP contribution < -0.4 is 35.1 Å². The van der Waals surface area contributed by atoms with Crippen LogP contribution in [0, 0.1) is 0 Å². The number of aliphatic hydroxyl groups is 1. The van der Waals surface area contributed by atoms with E-state index in [4.69, 9.17) is 9.72 Å². The van der Waals surface area contributed by atoms with Crippen LogP contribution in [0.5, 0.6) is 0 Å². The molecule has 5 rings (SSSR count). The summed E-state index contributed by atoms with van der Waals surface area (Å²) in [6.07, 6.45) is 0.139. The van der Waals surface area contributed by atoms with Crippen molar-refractivity contribution in [2.24, 2.45) is 0 Å². The number of cyclic esters (lactones) is 1. The Balaban J connectivity index is 0.00000112. The summed E-state index contributed by atoms with van der Waals surface area (Å²) in [6.45, 7) is 2.01. The van der Waals surface area contributed by atoms with Gasteiger partial charge in [-0.05, 0) is 24.6 Å². The number of hydrogen-bond donors (Lipinski definition) is 1. The van der Waals surface area contributed by atoms with E-state index in [0.717, 1.165) is 22.2 Å². The molecule has 0 saturated heterocycles. The Labute approximate surface area is 178 Å². The number of benzene rings is 1. The number of carbonyl (C=O) groups is 1. The van der Waals surface area contributed by atoms with E-state index in [1.54, 1.807) is 17.6 Å². The number of ether oxygens (including phenoxy) is 1. The Morgan fingerprint density at radius 3 is 2.85 bits per heavy atom. The summed E-state index contributed by atoms with van der Waals surface area (Å²) >= 11 is 0. The van der Waals surface area contributed by atoms with Crippen molar-refractivity contribution in [3.63, 3.8) is 0 Å². The fraction of sp³-hybridized carbons (Fsp3) is 0.250. The molecule has 0 saturated carbocycles. The van der Waals surface area contributed by atoms with Crippen LogP contribution in [0.4, 0.5) is 0 Å². The van der Waals surface area contributed by atoms with Crippen LogP contribution in [0.2, 0.25) is 0 Å². The first-order valence-corrected chi connectivity index (χ1v) is 8.59. The molecule has 132 valence electrons. The molecule has 3 aromatic rings. The van der Waals surface area contributed by atoms with E-state index in [-0.39, 0.29) is 49.6 Å². The summed E-state index contributed by atoms with van der Waals surface area (Å²) < 4.78 is 6.72. The molecule has 1 atom stereocenters. The zero-order valence-corrected chi connectivity index (χ0v) is 17.2. The summed E-state index contributed by atoms with van der Waals surface area (Å²) in [5.41, 5.74) is 1.81. The third kappa shape index (κ3) is 2.44. The first-order valence-electron chi connectivity index (χ1n) is 8.59. The molecule has 2 aromatic heterocycles. The Hall–Kier alpha value is -1.99. The summed E-state index contributed by atoms with van der Waals surface area (Å²) in [5, 5.41) is 11.8. The van der Waals surface area contributed by atoms with Crippen LogP contribution in [-0.2, 0) is 28.3 Å². The van der Waals surface area contributed by atoms with Crippen LogP contribution in [-0.4, -0.2) is 20.6 Å². The monoisotopic (exact) mass is 372 g/mol. The molecule has 1 N–H and O–H groups in total. The van der Waals surface area contributed by atoms with Gasteiger partial charge in [-0.15, -0.1) is 0 Å². The molecule has 6 nitrogen and oxygen atoms in total. The Bertz CT molecular complexity index is 1180. The number of fused-ring (bicyclic) bond motifs is 5. The number of rotatable bonds is 1. The smallest absolute Gasteiger partial charge is 1.00 e. The van der Waals surface area contributed by atoms with Crippen molar-refractivity contribution in [2.75, 3.05) is 0 Å². The maximum atomic E-state index is 13.0. The number of aromatic nitrogens is 2. The van der Waals surface area contributed by atoms with Crippen molar-refractivity contribution in [1.29, 1.82) is 0 Å². The molecule has 27 heavy (non-hydrogen) atoms. The summed E-state index contributed by atoms with van der Waals surface area (Å²) in [7, 11) is 0. The number of pyridine rings is 2. The second kappa shape index (κ2) is 6.27. The first kappa shape index (κ1) is 18.4. The average molecular weight is 372 g/mol. The van der Waals surface area contributed by atoms with Gasteiger partial charge in [0.1, 0.15) is 6.61 Å². The van der Waals surface area contributed by atoms with Crippen molar-refractivity contribution in [1.82, 2.24) is 9.55 Å². The number of esters is 1. The van der Waals surface area contributed by atoms with Crippen molar-refractivity contribution in [3.05, 3.63) is 63.4 Å². The van der Waals surface area contributed by atoms with E-state index in [2.05, 4.69) is 0 Å². The SMILES string of the molecule is CC[C@@]1(O)C(=O)OCc2c1cc1n(c2=O)Cc2cc3ccccc3nc2-1.[H-].[Na+]. The standard InChI is InChI=1S/C20H16N2O4.Na.H/c1-2-20(25)14-8-16-17-12(7-11-5-3-4-6-15(11)21-17)9-22(16)18(23)13(14)10-26-19(20)24;;/h3-8,25H,2,9-10H2,1H3;;/q;+1;-1/t20-;;/m0../s1. The van der Waals surface area contributed by atoms with Crippen LogP contribution >= 0.6 is 0 Å². The third-order valence-electron chi connectivity index (χ3n) is 5.42. The summed E-state index contributed by atoms with van der Waals surface area (Å²) in [6, 6.07) is 11.6. The topological polar surface area (TPSA) is 81.4 Å². The first-order chi connectivity index (χ1) is 12.5. The van der Waals surface area contributed by atoms with Gasteiger partial charge < -0.3 is 15.8 Å². The number of para-hydroxylation sites is 1. The minimum atomic E-state index is -1.79. The zero-order valence-electron chi connectivity index (χ0n) is 16.2. The van der Waals surface area contributed by atoms with Gasteiger partial charge in [0.15, 0.2) is 5.60 Å². The molecule has 7 heteroatoms. The molecular weight excluding hydrogens is 355 g/mol. The van der Waals surface area contributed by atoms with Gasteiger partial charge in [0.25, 0.3) is 5.56 Å². The third-order valence-corrected chi connectivity index (χ3v) is 5.42. The van der Waals surface area contributed by atoms with E-state index >= 15 is 0 Å². The molecule has 0 unspecified atom stereocenters. The number of hydrogen-bond acceptors (Lipinski definition) is 5. The Kier molecular flexibility index (Phi) is 4.27. The molecule has 0 fully saturated rings. The molecule has 0 spiro atoms. The molecule has 0 amide bonds. The van der Waals surface area contributed by atoms with E-state index < -0.39 is 11.6 Å². The van der Waals surface area contributed by atoms with E-state index in [1.165, 1.54) is 0 Å². The van der Waals surface area contributed by atoms with Gasteiger partial charge in [0.2, 0.25) is 0 Å². The number of nitrogens with zero attached hydrogens (tertiary/aromatic N) is 2. The summed E-state index contributed by atoms with van der Waals surface area (Å²) in [5.74, 6) is -0.707. The van der Waals surface area contributed by atoms with Crippen molar-refractivity contribution in [2.45, 2.75) is 32.1 Å². The Morgan fingerprint density at radius 1 is 1.30 bits per heavy atom. The molecule has 0 aliphatic carbocycles. The fourth-order valence-electron chi connectivity index (χ4n) is 3.93. The molecule has 0 bridgehead atoms. The van der Waals surface area contributed by atoms with Gasteiger partial charge in [-0.1, -0.05) is 25.1 Å². The second-order valence-corrected chi connectivity index (χ2v) is 6.79. The number of carbonyl (C=O) groups excluding carboxylic acids is 1. The zero-order chi connectivity index (χ0) is 18.1. The van der Waals surface area contributed by atoms with Crippen LogP contribution in [0.15, 0.2) is 41.2 Å². The normalized spacial score (nSPS) is 19.7. The molecular formula is C20H17N2NaO4. The summed E-state index contributed by atoms with van der Waals surface area (Å²) in [4.78, 5) is 29.9. The Morgan fingerprint density at radius 2 is 2.07 bits per heavy atom. The quantitative estimate of drug-likeness (QED) is 0.349. The van der Waals surface area contributed by atoms with Gasteiger partial charge >= 0.3 is 35.5 Å². The average Bonchev–Trinajstić information content (AvgIpc) is 3.01. The minimum absolute atomic E-state index is 0. The van der Waals surface area contributed by atoms with Gasteiger partial charge in [-0.2, -0.15) is 0 Å². The van der Waals surface area contributed by atoms with Gasteiger partial charge in [-0.3, -0.25) is 4.79 Å². The largest absolute Gasteiger partial charge is 1.00 e. The van der Waals surface area contributed by atoms with E-state index in [1.807, 2.05) is 30.3 Å². The fourth-order valence-corrected chi connectivity index (χ4v) is 3.93. The predicted octanol–water partition coefficient (Wildman–Crippen LogP) is -0.804. The van der Waals surface area contributed by atoms with Crippen LogP contribution in [0.1, 0.15) is 31.5 Å². The molecule has 1 aromatic carbocycles. The second-order valence-electron chi connectivity index (χ2n) is 6.79. The van der Waals surface area contributed by atoms with Crippen molar-refractivity contribution < 1.29 is 45.6 Å². The van der Waals surface area contributed by atoms with Crippen LogP contribution in [0.3, 0.4) is 0 Å². The van der Waals surface area contributed by atoms with Gasteiger partial charge in [-0.25, -0.2) is 9.78 Å². The van der Waals surface area contributed by atoms with E-state index in [0.29, 0.717) is 23.4 Å². The molecule has 0 radical (unpaired) electrons. The molecule has 2 aliphatic rings. The maximum absolute atomic E-state index is 13.0. The van der Waals surface area contributed by atoms with E-state index in [9.17, 15) is 14.7 Å². The van der Waals surface area contributed by atoms with Crippen molar-refractivity contribution in [3.8, 4) is 11.4 Å². The maximum Gasteiger partial charge on any atom is 1.00 e. The van der Waals surface area contributed by atoms with Crippen molar-refractivity contribution >= 4 is 16.9 Å². The molecule has 4 heterocycles.